The first-order valence-corrected chi connectivity index (χ1v) is 7.10. The van der Waals surface area contributed by atoms with E-state index in [2.05, 4.69) is 5.32 Å². The second-order valence-electron chi connectivity index (χ2n) is 5.36. The van der Waals surface area contributed by atoms with Crippen LogP contribution in [-0.2, 0) is 6.54 Å². The Hall–Kier alpha value is -2.07. The van der Waals surface area contributed by atoms with E-state index in [1.807, 2.05) is 52.0 Å². The van der Waals surface area contributed by atoms with Crippen molar-refractivity contribution in [1.82, 2.24) is 5.32 Å². The number of nitrogens with one attached hydrogen (secondary N) is 1. The third kappa shape index (κ3) is 3.16. The van der Waals surface area contributed by atoms with Crippen LogP contribution in [0.15, 0.2) is 28.7 Å². The summed E-state index contributed by atoms with van der Waals surface area (Å²) in [6.07, 6.45) is 0. The molecule has 1 heterocycles. The molecule has 3 N–H and O–H groups in total. The zero-order valence-corrected chi connectivity index (χ0v) is 13.0. The Morgan fingerprint density at radius 2 is 1.81 bits per heavy atom. The van der Waals surface area contributed by atoms with Crippen LogP contribution in [0.1, 0.15) is 51.5 Å². The van der Waals surface area contributed by atoms with Gasteiger partial charge in [-0.2, -0.15) is 0 Å². The third-order valence-corrected chi connectivity index (χ3v) is 3.85. The maximum atomic E-state index is 12.4. The van der Waals surface area contributed by atoms with Gasteiger partial charge in [0.2, 0.25) is 0 Å². The molecule has 0 spiro atoms. The van der Waals surface area contributed by atoms with Crippen LogP contribution in [0, 0.1) is 20.8 Å². The number of furan rings is 1. The highest BCUT2D eigenvalue weighted by atomic mass is 16.3. The van der Waals surface area contributed by atoms with Crippen LogP contribution in [0.5, 0.6) is 0 Å². The lowest BCUT2D eigenvalue weighted by molar-refractivity contribution is 0.0938. The Kier molecular flexibility index (Phi) is 4.48. The fraction of sp³-hybridized carbons (Fsp3) is 0.353. The first-order valence-electron chi connectivity index (χ1n) is 7.10. The molecular weight excluding hydrogens is 264 g/mol. The fourth-order valence-corrected chi connectivity index (χ4v) is 2.42. The summed E-state index contributed by atoms with van der Waals surface area (Å²) < 4.78 is 5.51. The van der Waals surface area contributed by atoms with Gasteiger partial charge in [-0.05, 0) is 38.8 Å². The summed E-state index contributed by atoms with van der Waals surface area (Å²) in [5, 5.41) is 3.01. The minimum absolute atomic E-state index is 0.0710. The molecule has 0 saturated carbocycles. The highest BCUT2D eigenvalue weighted by molar-refractivity contribution is 5.97. The van der Waals surface area contributed by atoms with E-state index in [1.165, 1.54) is 0 Å². The van der Waals surface area contributed by atoms with E-state index < -0.39 is 0 Å². The van der Waals surface area contributed by atoms with Crippen molar-refractivity contribution < 1.29 is 9.21 Å². The minimum atomic E-state index is -0.0998. The van der Waals surface area contributed by atoms with Crippen LogP contribution in [-0.4, -0.2) is 5.91 Å². The monoisotopic (exact) mass is 286 g/mol. The summed E-state index contributed by atoms with van der Waals surface area (Å²) in [6.45, 7) is 8.08. The Balaban J connectivity index is 2.14. The van der Waals surface area contributed by atoms with Gasteiger partial charge in [-0.1, -0.05) is 24.3 Å². The Morgan fingerprint density at radius 1 is 1.19 bits per heavy atom. The lowest BCUT2D eigenvalue weighted by Crippen LogP contribution is -2.27. The summed E-state index contributed by atoms with van der Waals surface area (Å²) in [5.41, 5.74) is 9.25. The van der Waals surface area contributed by atoms with Gasteiger partial charge in [-0.15, -0.1) is 0 Å². The predicted molar refractivity (Wildman–Crippen MR) is 83.1 cm³/mol. The van der Waals surface area contributed by atoms with Gasteiger partial charge in [0.1, 0.15) is 11.5 Å². The van der Waals surface area contributed by atoms with Gasteiger partial charge in [-0.3, -0.25) is 4.79 Å². The lowest BCUT2D eigenvalue weighted by atomic mass is 10.0. The van der Waals surface area contributed by atoms with Crippen LogP contribution >= 0.6 is 0 Å². The Morgan fingerprint density at radius 3 is 2.29 bits per heavy atom. The first-order chi connectivity index (χ1) is 9.93. The van der Waals surface area contributed by atoms with Gasteiger partial charge < -0.3 is 15.5 Å². The normalized spacial score (nSPS) is 12.2. The predicted octanol–water partition coefficient (Wildman–Crippen LogP) is 3.15. The zero-order valence-electron chi connectivity index (χ0n) is 13.0. The summed E-state index contributed by atoms with van der Waals surface area (Å²) in [6, 6.07) is 7.88. The van der Waals surface area contributed by atoms with Crippen molar-refractivity contribution in [1.29, 1.82) is 0 Å². The summed E-state index contributed by atoms with van der Waals surface area (Å²) in [7, 11) is 0. The number of amides is 1. The van der Waals surface area contributed by atoms with E-state index in [9.17, 15) is 4.79 Å². The lowest BCUT2D eigenvalue weighted by Gasteiger charge is -2.15. The summed E-state index contributed by atoms with van der Waals surface area (Å²) in [5.74, 6) is 1.35. The molecule has 1 amide bonds. The van der Waals surface area contributed by atoms with Crippen molar-refractivity contribution in [3.05, 3.63) is 58.0 Å². The van der Waals surface area contributed by atoms with E-state index in [0.29, 0.717) is 17.9 Å². The first kappa shape index (κ1) is 15.3. The summed E-state index contributed by atoms with van der Waals surface area (Å²) in [4.78, 5) is 12.4. The molecule has 0 bridgehead atoms. The van der Waals surface area contributed by atoms with E-state index >= 15 is 0 Å². The molecular formula is C17H22N2O2. The molecule has 1 atom stereocenters. The summed E-state index contributed by atoms with van der Waals surface area (Å²) >= 11 is 0. The van der Waals surface area contributed by atoms with Crippen molar-refractivity contribution in [2.75, 3.05) is 0 Å². The smallest absolute Gasteiger partial charge is 0.255 e. The average molecular weight is 286 g/mol. The standard InChI is InChI=1S/C17H22N2O2/c1-10-12(3)21-13(4)16(10)17(20)19-11(2)15-7-5-14(9-18)6-8-15/h5-8,11H,9,18H2,1-4H3,(H,19,20). The molecule has 0 aliphatic rings. The topological polar surface area (TPSA) is 68.3 Å². The van der Waals surface area contributed by atoms with Crippen molar-refractivity contribution in [2.24, 2.45) is 5.73 Å². The molecule has 0 radical (unpaired) electrons. The van der Waals surface area contributed by atoms with Crippen LogP contribution in [0.2, 0.25) is 0 Å². The highest BCUT2D eigenvalue weighted by Crippen LogP contribution is 2.22. The molecule has 0 aliphatic carbocycles. The van der Waals surface area contributed by atoms with E-state index in [-0.39, 0.29) is 11.9 Å². The van der Waals surface area contributed by atoms with Gasteiger partial charge in [0, 0.05) is 12.1 Å². The molecule has 1 aromatic carbocycles. The van der Waals surface area contributed by atoms with Crippen LogP contribution in [0.25, 0.3) is 0 Å². The molecule has 2 aromatic rings. The number of nitrogens with two attached hydrogens (primary N) is 1. The fourth-order valence-electron chi connectivity index (χ4n) is 2.42. The molecule has 1 aromatic heterocycles. The second-order valence-corrected chi connectivity index (χ2v) is 5.36. The van der Waals surface area contributed by atoms with Gasteiger partial charge in [0.25, 0.3) is 5.91 Å². The minimum Gasteiger partial charge on any atom is -0.466 e. The number of hydrogen-bond donors (Lipinski definition) is 2. The zero-order chi connectivity index (χ0) is 15.6. The molecule has 0 saturated heterocycles. The van der Waals surface area contributed by atoms with Gasteiger partial charge >= 0.3 is 0 Å². The maximum Gasteiger partial charge on any atom is 0.255 e. The number of benzene rings is 1. The molecule has 4 nitrogen and oxygen atoms in total. The molecule has 112 valence electrons. The third-order valence-electron chi connectivity index (χ3n) is 3.85. The molecule has 4 heteroatoms. The van der Waals surface area contributed by atoms with Crippen LogP contribution in [0.3, 0.4) is 0 Å². The van der Waals surface area contributed by atoms with E-state index in [1.54, 1.807) is 0 Å². The Labute approximate surface area is 125 Å². The van der Waals surface area contributed by atoms with Crippen LogP contribution in [0.4, 0.5) is 0 Å². The van der Waals surface area contributed by atoms with Crippen molar-refractivity contribution in [2.45, 2.75) is 40.3 Å². The Bertz CT molecular complexity index is 642. The second kappa shape index (κ2) is 6.14. The van der Waals surface area contributed by atoms with Gasteiger partial charge in [0.15, 0.2) is 0 Å². The number of carbonyl (C=O) groups is 1. The average Bonchev–Trinajstić information content (AvgIpc) is 2.72. The highest BCUT2D eigenvalue weighted by Gasteiger charge is 2.20. The molecule has 1 unspecified atom stereocenters. The van der Waals surface area contributed by atoms with E-state index in [4.69, 9.17) is 10.2 Å². The van der Waals surface area contributed by atoms with Crippen molar-refractivity contribution in [3.63, 3.8) is 0 Å². The molecule has 0 aliphatic heterocycles. The van der Waals surface area contributed by atoms with Gasteiger partial charge in [-0.25, -0.2) is 0 Å². The molecule has 21 heavy (non-hydrogen) atoms. The maximum absolute atomic E-state index is 12.4. The van der Waals surface area contributed by atoms with Crippen molar-refractivity contribution >= 4 is 5.91 Å². The number of hydrogen-bond acceptors (Lipinski definition) is 3. The number of aryl methyl sites for hydroxylation is 2. The van der Waals surface area contributed by atoms with Crippen LogP contribution < -0.4 is 11.1 Å². The van der Waals surface area contributed by atoms with E-state index in [0.717, 1.165) is 22.5 Å². The quantitative estimate of drug-likeness (QED) is 0.907. The van der Waals surface area contributed by atoms with Gasteiger partial charge in [0.05, 0.1) is 11.6 Å². The molecule has 2 rings (SSSR count). The SMILES string of the molecule is Cc1oc(C)c(C(=O)NC(C)c2ccc(CN)cc2)c1C. The van der Waals surface area contributed by atoms with Crippen molar-refractivity contribution in [3.8, 4) is 0 Å². The number of carbonyl (C=O) groups excluding carboxylic acids is 1. The number of rotatable bonds is 4. The molecule has 0 fully saturated rings. The largest absolute Gasteiger partial charge is 0.466 e.